The first-order chi connectivity index (χ1) is 6.79. The van der Waals surface area contributed by atoms with Crippen molar-refractivity contribution in [3.63, 3.8) is 0 Å². The zero-order valence-electron chi connectivity index (χ0n) is 7.18. The molecule has 0 radical (unpaired) electrons. The van der Waals surface area contributed by atoms with Gasteiger partial charge in [-0.25, -0.2) is 15.5 Å². The maximum Gasteiger partial charge on any atom is 0.142 e. The molecule has 0 aliphatic rings. The molecule has 0 saturated carbocycles. The molecule has 0 aliphatic carbocycles. The molecule has 2 heterocycles. The van der Waals surface area contributed by atoms with Gasteiger partial charge in [-0.15, -0.1) is 0 Å². The minimum Gasteiger partial charge on any atom is -0.308 e. The number of nitrogens with two attached hydrogens (primary N) is 1. The van der Waals surface area contributed by atoms with Gasteiger partial charge in [0.25, 0.3) is 0 Å². The van der Waals surface area contributed by atoms with Gasteiger partial charge in [0.2, 0.25) is 0 Å². The van der Waals surface area contributed by atoms with Gasteiger partial charge in [-0.05, 0) is 22.0 Å². The van der Waals surface area contributed by atoms with Crippen LogP contribution in [0.5, 0.6) is 0 Å². The third kappa shape index (κ3) is 1.75. The molecule has 0 aliphatic heterocycles. The molecular formula is C8H8BrN5. The molecule has 5 nitrogen and oxygen atoms in total. The monoisotopic (exact) mass is 253 g/mol. The van der Waals surface area contributed by atoms with Gasteiger partial charge in [0.05, 0.1) is 16.4 Å². The van der Waals surface area contributed by atoms with Gasteiger partial charge in [0, 0.05) is 18.5 Å². The van der Waals surface area contributed by atoms with Crippen LogP contribution in [0.1, 0.15) is 0 Å². The molecule has 0 spiro atoms. The van der Waals surface area contributed by atoms with Gasteiger partial charge in [-0.1, -0.05) is 0 Å². The molecule has 0 amide bonds. The van der Waals surface area contributed by atoms with E-state index in [2.05, 4.69) is 31.4 Å². The smallest absolute Gasteiger partial charge is 0.142 e. The van der Waals surface area contributed by atoms with E-state index in [0.29, 0.717) is 5.82 Å². The molecule has 14 heavy (non-hydrogen) atoms. The number of rotatable bonds is 2. The molecule has 0 aromatic carbocycles. The van der Waals surface area contributed by atoms with Crippen molar-refractivity contribution in [3.8, 4) is 5.69 Å². The van der Waals surface area contributed by atoms with Crippen LogP contribution in [0.25, 0.3) is 5.69 Å². The van der Waals surface area contributed by atoms with Gasteiger partial charge in [0.15, 0.2) is 0 Å². The van der Waals surface area contributed by atoms with E-state index in [4.69, 9.17) is 5.84 Å². The van der Waals surface area contributed by atoms with Crippen molar-refractivity contribution >= 4 is 21.7 Å². The fourth-order valence-corrected chi connectivity index (χ4v) is 1.37. The van der Waals surface area contributed by atoms with Gasteiger partial charge in [0.1, 0.15) is 5.82 Å². The second-order valence-corrected chi connectivity index (χ2v) is 3.56. The van der Waals surface area contributed by atoms with Crippen molar-refractivity contribution in [1.29, 1.82) is 0 Å². The maximum atomic E-state index is 5.25. The zero-order chi connectivity index (χ0) is 9.97. The van der Waals surface area contributed by atoms with Gasteiger partial charge < -0.3 is 5.43 Å². The number of hydrogen-bond acceptors (Lipinski definition) is 4. The van der Waals surface area contributed by atoms with Crippen LogP contribution in [-0.4, -0.2) is 14.8 Å². The largest absolute Gasteiger partial charge is 0.308 e. The van der Waals surface area contributed by atoms with Crippen LogP contribution in [-0.2, 0) is 0 Å². The molecule has 3 N–H and O–H groups in total. The molecule has 2 aromatic heterocycles. The van der Waals surface area contributed by atoms with Crippen LogP contribution in [0.15, 0.2) is 35.2 Å². The molecule has 2 rings (SSSR count). The van der Waals surface area contributed by atoms with Crippen molar-refractivity contribution in [2.24, 2.45) is 5.84 Å². The lowest BCUT2D eigenvalue weighted by Crippen LogP contribution is -2.09. The summed E-state index contributed by atoms with van der Waals surface area (Å²) in [6.45, 7) is 0. The molecule has 72 valence electrons. The Labute approximate surface area is 89.0 Å². The van der Waals surface area contributed by atoms with Crippen molar-refractivity contribution in [2.45, 2.75) is 0 Å². The van der Waals surface area contributed by atoms with Crippen molar-refractivity contribution < 1.29 is 0 Å². The summed E-state index contributed by atoms with van der Waals surface area (Å²) in [7, 11) is 0. The van der Waals surface area contributed by atoms with E-state index in [1.54, 1.807) is 23.1 Å². The highest BCUT2D eigenvalue weighted by Gasteiger charge is 1.99. The van der Waals surface area contributed by atoms with Gasteiger partial charge in [-0.2, -0.15) is 5.10 Å². The number of nitrogen functional groups attached to an aromatic ring is 1. The van der Waals surface area contributed by atoms with Crippen LogP contribution in [0.4, 0.5) is 5.82 Å². The molecule has 0 unspecified atom stereocenters. The van der Waals surface area contributed by atoms with E-state index in [0.717, 1.165) is 10.2 Å². The first-order valence-electron chi connectivity index (χ1n) is 3.93. The number of halogens is 1. The van der Waals surface area contributed by atoms with Crippen molar-refractivity contribution in [3.05, 3.63) is 35.2 Å². The Balaban J connectivity index is 2.41. The molecule has 6 heteroatoms. The summed E-state index contributed by atoms with van der Waals surface area (Å²) in [5, 5.41) is 4.13. The summed E-state index contributed by atoms with van der Waals surface area (Å²) in [4.78, 5) is 4.00. The molecule has 0 fully saturated rings. The highest BCUT2D eigenvalue weighted by atomic mass is 79.9. The quantitative estimate of drug-likeness (QED) is 0.626. The van der Waals surface area contributed by atoms with E-state index < -0.39 is 0 Å². The van der Waals surface area contributed by atoms with Crippen molar-refractivity contribution in [2.75, 3.05) is 5.43 Å². The van der Waals surface area contributed by atoms with E-state index in [-0.39, 0.29) is 0 Å². The average Bonchev–Trinajstić information content (AvgIpc) is 2.65. The number of hydrogen-bond donors (Lipinski definition) is 2. The van der Waals surface area contributed by atoms with E-state index >= 15 is 0 Å². The molecule has 0 atom stereocenters. The molecule has 0 saturated heterocycles. The lowest BCUT2D eigenvalue weighted by molar-refractivity contribution is 0.877. The summed E-state index contributed by atoms with van der Waals surface area (Å²) in [6.07, 6.45) is 5.24. The van der Waals surface area contributed by atoms with Crippen LogP contribution in [0.3, 0.4) is 0 Å². The minimum atomic E-state index is 0.606. The van der Waals surface area contributed by atoms with Gasteiger partial charge in [-0.3, -0.25) is 0 Å². The topological polar surface area (TPSA) is 68.8 Å². The van der Waals surface area contributed by atoms with Crippen molar-refractivity contribution in [1.82, 2.24) is 14.8 Å². The highest BCUT2D eigenvalue weighted by molar-refractivity contribution is 9.10. The predicted molar refractivity (Wildman–Crippen MR) is 56.9 cm³/mol. The van der Waals surface area contributed by atoms with E-state index in [9.17, 15) is 0 Å². The number of anilines is 1. The Morgan fingerprint density at radius 2 is 2.36 bits per heavy atom. The molecular weight excluding hydrogens is 246 g/mol. The summed E-state index contributed by atoms with van der Waals surface area (Å²) in [6, 6.07) is 3.65. The highest BCUT2D eigenvalue weighted by Crippen LogP contribution is 2.13. The third-order valence-electron chi connectivity index (χ3n) is 1.71. The van der Waals surface area contributed by atoms with E-state index in [1.165, 1.54) is 0 Å². The van der Waals surface area contributed by atoms with Gasteiger partial charge >= 0.3 is 0 Å². The minimum absolute atomic E-state index is 0.606. The Hall–Kier alpha value is -1.40. The lowest BCUT2D eigenvalue weighted by Gasteiger charge is -2.02. The van der Waals surface area contributed by atoms with Crippen LogP contribution < -0.4 is 11.3 Å². The summed E-state index contributed by atoms with van der Waals surface area (Å²) < 4.78 is 2.66. The summed E-state index contributed by atoms with van der Waals surface area (Å²) in [5.74, 6) is 5.86. The second kappa shape index (κ2) is 3.77. The van der Waals surface area contributed by atoms with Crippen LogP contribution >= 0.6 is 15.9 Å². The fourth-order valence-electron chi connectivity index (χ4n) is 1.08. The molecule has 2 aromatic rings. The zero-order valence-corrected chi connectivity index (χ0v) is 8.77. The number of nitrogens with zero attached hydrogens (tertiary/aromatic N) is 3. The normalized spacial score (nSPS) is 10.1. The first-order valence-corrected chi connectivity index (χ1v) is 4.72. The number of nitrogens with one attached hydrogen (secondary N) is 1. The maximum absolute atomic E-state index is 5.25. The van der Waals surface area contributed by atoms with Crippen LogP contribution in [0.2, 0.25) is 0 Å². The number of aromatic nitrogens is 3. The predicted octanol–water partition coefficient (Wildman–Crippen LogP) is 1.32. The Morgan fingerprint density at radius 1 is 1.50 bits per heavy atom. The average molecular weight is 254 g/mol. The third-order valence-corrected chi connectivity index (χ3v) is 2.12. The van der Waals surface area contributed by atoms with E-state index in [1.807, 2.05) is 12.3 Å². The first kappa shape index (κ1) is 9.17. The Bertz CT molecular complexity index is 439. The van der Waals surface area contributed by atoms with Crippen LogP contribution in [0, 0.1) is 0 Å². The second-order valence-electron chi connectivity index (χ2n) is 2.65. The Kier molecular flexibility index (Phi) is 2.47. The fraction of sp³-hybridized carbons (Fsp3) is 0. The summed E-state index contributed by atoms with van der Waals surface area (Å²) in [5.41, 5.74) is 3.38. The number of hydrazine groups is 1. The lowest BCUT2D eigenvalue weighted by atomic mass is 10.4. The Morgan fingerprint density at radius 3 is 3.00 bits per heavy atom. The SMILES string of the molecule is NNc1cc(-n2cc(Br)cn2)ccn1. The standard InChI is InChI=1S/C8H8BrN5/c9-6-4-12-14(5-6)7-1-2-11-8(3-7)13-10/h1-5H,10H2,(H,11,13). The molecule has 0 bridgehead atoms. The summed E-state index contributed by atoms with van der Waals surface area (Å²) >= 11 is 3.33. The number of pyridine rings is 1.